The Hall–Kier alpha value is -1.73. The Morgan fingerprint density at radius 1 is 1.60 bits per heavy atom. The molecule has 0 saturated carbocycles. The number of carboxylic acids is 1. The van der Waals surface area contributed by atoms with Crippen LogP contribution in [-0.2, 0) is 11.3 Å². The van der Waals surface area contributed by atoms with Gasteiger partial charge in [-0.3, -0.25) is 18.9 Å². The van der Waals surface area contributed by atoms with Gasteiger partial charge in [-0.2, -0.15) is 0 Å². The van der Waals surface area contributed by atoms with Gasteiger partial charge in [0.25, 0.3) is 5.56 Å². The molecule has 0 spiro atoms. The number of fused-ring (bicyclic) bond motifs is 1. The van der Waals surface area contributed by atoms with Gasteiger partial charge in [0.1, 0.15) is 0 Å². The molecule has 2 aromatic rings. The van der Waals surface area contributed by atoms with E-state index in [-0.39, 0.29) is 18.1 Å². The number of hydrogen-bond donors (Lipinski definition) is 1. The first-order valence-electron chi connectivity index (χ1n) is 6.43. The Labute approximate surface area is 120 Å². The van der Waals surface area contributed by atoms with E-state index in [2.05, 4.69) is 4.98 Å². The van der Waals surface area contributed by atoms with E-state index in [0.717, 1.165) is 6.42 Å². The fourth-order valence-electron chi connectivity index (χ4n) is 1.98. The summed E-state index contributed by atoms with van der Waals surface area (Å²) >= 11 is 1.39. The van der Waals surface area contributed by atoms with Crippen LogP contribution < -0.4 is 5.56 Å². The molecule has 0 aliphatic rings. The topological polar surface area (TPSA) is 74.9 Å². The molecule has 0 fully saturated rings. The molecule has 7 heteroatoms. The summed E-state index contributed by atoms with van der Waals surface area (Å²) in [5, 5.41) is 10.8. The minimum absolute atomic E-state index is 0.0551. The van der Waals surface area contributed by atoms with Crippen molar-refractivity contribution in [3.63, 3.8) is 0 Å². The fourth-order valence-corrected chi connectivity index (χ4v) is 2.72. The van der Waals surface area contributed by atoms with Gasteiger partial charge in [0.15, 0.2) is 4.96 Å². The third-order valence-electron chi connectivity index (χ3n) is 3.27. The average Bonchev–Trinajstić information content (AvgIpc) is 2.85. The Kier molecular flexibility index (Phi) is 4.51. The number of aromatic nitrogens is 2. The first-order valence-corrected chi connectivity index (χ1v) is 7.31. The zero-order chi connectivity index (χ0) is 14.7. The maximum atomic E-state index is 11.9. The van der Waals surface area contributed by atoms with Crippen molar-refractivity contribution >= 4 is 22.3 Å². The van der Waals surface area contributed by atoms with Crippen molar-refractivity contribution in [2.45, 2.75) is 32.9 Å². The number of aliphatic carboxylic acids is 1. The fraction of sp³-hybridized carbons (Fsp3) is 0.462. The summed E-state index contributed by atoms with van der Waals surface area (Å²) in [6.45, 7) is 4.29. The Morgan fingerprint density at radius 3 is 3.00 bits per heavy atom. The molecule has 0 aliphatic heterocycles. The molecule has 2 rings (SSSR count). The minimum atomic E-state index is -0.876. The molecule has 2 aromatic heterocycles. The van der Waals surface area contributed by atoms with E-state index in [1.54, 1.807) is 11.6 Å². The summed E-state index contributed by atoms with van der Waals surface area (Å²) < 4.78 is 1.49. The van der Waals surface area contributed by atoms with Crippen molar-refractivity contribution in [1.29, 1.82) is 0 Å². The molecule has 0 aromatic carbocycles. The number of rotatable bonds is 6. The molecular formula is C13H17N3O3S. The Bertz CT molecular complexity index is 664. The first-order chi connectivity index (χ1) is 9.51. The van der Waals surface area contributed by atoms with Gasteiger partial charge in [-0.15, -0.1) is 11.3 Å². The number of nitrogens with zero attached hydrogens (tertiary/aromatic N) is 3. The minimum Gasteiger partial charge on any atom is -0.480 e. The Morgan fingerprint density at radius 2 is 2.35 bits per heavy atom. The van der Waals surface area contributed by atoms with Crippen LogP contribution in [0.1, 0.15) is 26.0 Å². The summed E-state index contributed by atoms with van der Waals surface area (Å²) in [6, 6.07) is 1.59. The molecule has 0 amide bonds. The van der Waals surface area contributed by atoms with Crippen molar-refractivity contribution < 1.29 is 9.90 Å². The number of thiazole rings is 1. The lowest BCUT2D eigenvalue weighted by Crippen LogP contribution is -2.37. The van der Waals surface area contributed by atoms with Crippen LogP contribution in [0.4, 0.5) is 0 Å². The van der Waals surface area contributed by atoms with Crippen LogP contribution in [-0.4, -0.2) is 37.9 Å². The maximum Gasteiger partial charge on any atom is 0.317 e. The SMILES string of the molecule is CCC(C)N(CC(=O)O)Cc1cc(=O)n2ccsc2n1. The molecule has 20 heavy (non-hydrogen) atoms. The van der Waals surface area contributed by atoms with Crippen molar-refractivity contribution in [2.24, 2.45) is 0 Å². The lowest BCUT2D eigenvalue weighted by molar-refractivity contribution is -0.139. The van der Waals surface area contributed by atoms with Gasteiger partial charge in [0.2, 0.25) is 0 Å². The van der Waals surface area contributed by atoms with Crippen molar-refractivity contribution in [1.82, 2.24) is 14.3 Å². The molecule has 0 bridgehead atoms. The zero-order valence-corrected chi connectivity index (χ0v) is 12.3. The standard InChI is InChI=1S/C13H17N3O3S/c1-3-9(2)15(8-12(18)19)7-10-6-11(17)16-4-5-20-13(16)14-10/h4-6,9H,3,7-8H2,1-2H3,(H,18,19). The second-order valence-corrected chi connectivity index (χ2v) is 5.57. The van der Waals surface area contributed by atoms with E-state index in [4.69, 9.17) is 5.11 Å². The quantitative estimate of drug-likeness (QED) is 0.873. The summed E-state index contributed by atoms with van der Waals surface area (Å²) in [7, 11) is 0. The van der Waals surface area contributed by atoms with Gasteiger partial charge in [-0.25, -0.2) is 4.98 Å². The van der Waals surface area contributed by atoms with E-state index < -0.39 is 5.97 Å². The van der Waals surface area contributed by atoms with Crippen molar-refractivity contribution in [3.8, 4) is 0 Å². The van der Waals surface area contributed by atoms with Crippen LogP contribution in [0, 0.1) is 0 Å². The number of carbonyl (C=O) groups is 1. The van der Waals surface area contributed by atoms with Crippen LogP contribution in [0.2, 0.25) is 0 Å². The van der Waals surface area contributed by atoms with Crippen LogP contribution >= 0.6 is 11.3 Å². The maximum absolute atomic E-state index is 11.9. The highest BCUT2D eigenvalue weighted by Gasteiger charge is 2.17. The molecule has 0 saturated heterocycles. The highest BCUT2D eigenvalue weighted by atomic mass is 32.1. The normalized spacial score (nSPS) is 12.9. The van der Waals surface area contributed by atoms with Crippen molar-refractivity contribution in [3.05, 3.63) is 33.7 Å². The average molecular weight is 295 g/mol. The second kappa shape index (κ2) is 6.15. The van der Waals surface area contributed by atoms with E-state index in [9.17, 15) is 9.59 Å². The lowest BCUT2D eigenvalue weighted by atomic mass is 10.2. The van der Waals surface area contributed by atoms with E-state index in [1.807, 2.05) is 18.7 Å². The monoisotopic (exact) mass is 295 g/mol. The van der Waals surface area contributed by atoms with Gasteiger partial charge in [-0.05, 0) is 13.3 Å². The summed E-state index contributed by atoms with van der Waals surface area (Å²) in [5.74, 6) is -0.876. The summed E-state index contributed by atoms with van der Waals surface area (Å²) in [5.41, 5.74) is 0.477. The predicted octanol–water partition coefficient (Wildman–Crippen LogP) is 1.44. The number of hydrogen-bond acceptors (Lipinski definition) is 5. The van der Waals surface area contributed by atoms with Gasteiger partial charge in [-0.1, -0.05) is 6.92 Å². The third-order valence-corrected chi connectivity index (χ3v) is 4.03. The largest absolute Gasteiger partial charge is 0.480 e. The molecule has 1 atom stereocenters. The van der Waals surface area contributed by atoms with Crippen LogP contribution in [0.5, 0.6) is 0 Å². The molecule has 1 N–H and O–H groups in total. The molecule has 2 heterocycles. The van der Waals surface area contributed by atoms with E-state index in [1.165, 1.54) is 21.8 Å². The van der Waals surface area contributed by atoms with Crippen LogP contribution in [0.15, 0.2) is 22.4 Å². The van der Waals surface area contributed by atoms with E-state index in [0.29, 0.717) is 17.2 Å². The smallest absolute Gasteiger partial charge is 0.317 e. The molecule has 6 nitrogen and oxygen atoms in total. The van der Waals surface area contributed by atoms with Gasteiger partial charge in [0.05, 0.1) is 12.2 Å². The highest BCUT2D eigenvalue weighted by molar-refractivity contribution is 7.15. The van der Waals surface area contributed by atoms with Crippen LogP contribution in [0.25, 0.3) is 4.96 Å². The summed E-state index contributed by atoms with van der Waals surface area (Å²) in [4.78, 5) is 29.7. The zero-order valence-electron chi connectivity index (χ0n) is 11.4. The Balaban J connectivity index is 2.27. The second-order valence-electron chi connectivity index (χ2n) is 4.70. The van der Waals surface area contributed by atoms with Crippen molar-refractivity contribution in [2.75, 3.05) is 6.54 Å². The lowest BCUT2D eigenvalue weighted by Gasteiger charge is -2.26. The molecule has 108 valence electrons. The third kappa shape index (κ3) is 3.23. The first kappa shape index (κ1) is 14.7. The molecule has 1 unspecified atom stereocenters. The highest BCUT2D eigenvalue weighted by Crippen LogP contribution is 2.11. The molecule has 0 aliphatic carbocycles. The molecular weight excluding hydrogens is 278 g/mol. The van der Waals surface area contributed by atoms with Gasteiger partial charge < -0.3 is 5.11 Å². The van der Waals surface area contributed by atoms with E-state index >= 15 is 0 Å². The number of carboxylic acid groups (broad SMARTS) is 1. The van der Waals surface area contributed by atoms with Crippen LogP contribution in [0.3, 0.4) is 0 Å². The predicted molar refractivity (Wildman–Crippen MR) is 77.1 cm³/mol. The van der Waals surface area contributed by atoms with Gasteiger partial charge >= 0.3 is 5.97 Å². The summed E-state index contributed by atoms with van der Waals surface area (Å²) in [6.07, 6.45) is 2.52. The van der Waals surface area contributed by atoms with Gasteiger partial charge in [0, 0.05) is 30.2 Å². The molecule has 0 radical (unpaired) electrons.